The van der Waals surface area contributed by atoms with Crippen LogP contribution in [0.4, 0.5) is 5.69 Å². The number of hydrogen-bond donors (Lipinski definition) is 1. The number of aromatic nitrogens is 1. The highest BCUT2D eigenvalue weighted by Crippen LogP contribution is 2.24. The zero-order valence-corrected chi connectivity index (χ0v) is 12.1. The van der Waals surface area contributed by atoms with Crippen molar-refractivity contribution in [3.05, 3.63) is 62.4 Å². The molecular weight excluding hydrogens is 344 g/mol. The third-order valence-electron chi connectivity index (χ3n) is 2.60. The van der Waals surface area contributed by atoms with Gasteiger partial charge in [0, 0.05) is 22.2 Å². The van der Waals surface area contributed by atoms with Crippen LogP contribution in [0.1, 0.15) is 16.1 Å². The minimum absolute atomic E-state index is 0.0156. The molecule has 0 aliphatic rings. The molecule has 0 saturated carbocycles. The first-order valence-electron chi connectivity index (χ1n) is 5.72. The van der Waals surface area contributed by atoms with Gasteiger partial charge in [-0.2, -0.15) is 0 Å². The number of hydrogen-bond acceptors (Lipinski definition) is 5. The molecule has 8 heteroatoms. The van der Waals surface area contributed by atoms with E-state index in [1.54, 1.807) is 6.07 Å². The Morgan fingerprint density at radius 1 is 1.38 bits per heavy atom. The van der Waals surface area contributed by atoms with Gasteiger partial charge in [0.15, 0.2) is 0 Å². The third kappa shape index (κ3) is 3.76. The summed E-state index contributed by atoms with van der Waals surface area (Å²) in [5.41, 5.74) is 0.639. The van der Waals surface area contributed by atoms with Crippen molar-refractivity contribution in [2.45, 2.75) is 6.61 Å². The van der Waals surface area contributed by atoms with E-state index in [0.29, 0.717) is 10.2 Å². The van der Waals surface area contributed by atoms with Crippen LogP contribution in [0, 0.1) is 10.1 Å². The van der Waals surface area contributed by atoms with Crippen LogP contribution in [0.3, 0.4) is 0 Å². The highest BCUT2D eigenvalue weighted by atomic mass is 79.9. The van der Waals surface area contributed by atoms with Gasteiger partial charge in [-0.25, -0.2) is 9.78 Å². The molecule has 0 radical (unpaired) electrons. The van der Waals surface area contributed by atoms with Crippen molar-refractivity contribution < 1.29 is 19.6 Å². The van der Waals surface area contributed by atoms with Crippen molar-refractivity contribution in [1.82, 2.24) is 4.98 Å². The number of halogens is 1. The molecule has 0 bridgehead atoms. The standard InChI is InChI=1S/C13H9BrN2O5/c14-11-5-9(16(19)20)2-1-8(11)7-21-10-3-4-12(13(17)18)15-6-10/h1-6H,7H2,(H,17,18). The molecule has 0 amide bonds. The zero-order chi connectivity index (χ0) is 15.4. The van der Waals surface area contributed by atoms with Crippen LogP contribution >= 0.6 is 15.9 Å². The molecule has 2 rings (SSSR count). The Kier molecular flexibility index (Phi) is 4.49. The number of nitrogens with zero attached hydrogens (tertiary/aromatic N) is 2. The minimum Gasteiger partial charge on any atom is -0.487 e. The molecule has 0 saturated heterocycles. The molecule has 0 spiro atoms. The summed E-state index contributed by atoms with van der Waals surface area (Å²) >= 11 is 3.24. The van der Waals surface area contributed by atoms with E-state index in [2.05, 4.69) is 20.9 Å². The SMILES string of the molecule is O=C(O)c1ccc(OCc2ccc([N+](=O)[O-])cc2Br)cn1. The van der Waals surface area contributed by atoms with E-state index in [0.717, 1.165) is 5.56 Å². The summed E-state index contributed by atoms with van der Waals surface area (Å²) in [7, 11) is 0. The number of rotatable bonds is 5. The van der Waals surface area contributed by atoms with Crippen LogP contribution in [-0.4, -0.2) is 21.0 Å². The maximum Gasteiger partial charge on any atom is 0.354 e. The Labute approximate surface area is 127 Å². The van der Waals surface area contributed by atoms with Crippen molar-refractivity contribution in [2.24, 2.45) is 0 Å². The van der Waals surface area contributed by atoms with Crippen molar-refractivity contribution in [2.75, 3.05) is 0 Å². The molecule has 21 heavy (non-hydrogen) atoms. The van der Waals surface area contributed by atoms with Gasteiger partial charge < -0.3 is 9.84 Å². The molecule has 7 nitrogen and oxygen atoms in total. The van der Waals surface area contributed by atoms with Crippen molar-refractivity contribution >= 4 is 27.6 Å². The third-order valence-corrected chi connectivity index (χ3v) is 3.34. The highest BCUT2D eigenvalue weighted by Gasteiger charge is 2.10. The smallest absolute Gasteiger partial charge is 0.354 e. The summed E-state index contributed by atoms with van der Waals surface area (Å²) in [6.07, 6.45) is 1.31. The number of non-ortho nitro benzene ring substituents is 1. The summed E-state index contributed by atoms with van der Waals surface area (Å²) in [6, 6.07) is 7.19. The van der Waals surface area contributed by atoms with Gasteiger partial charge >= 0.3 is 5.97 Å². The average molecular weight is 353 g/mol. The van der Waals surface area contributed by atoms with Crippen LogP contribution < -0.4 is 4.74 Å². The van der Waals surface area contributed by atoms with Crippen molar-refractivity contribution in [3.8, 4) is 5.75 Å². The zero-order valence-electron chi connectivity index (χ0n) is 10.5. The largest absolute Gasteiger partial charge is 0.487 e. The molecule has 108 valence electrons. The lowest BCUT2D eigenvalue weighted by Crippen LogP contribution is -2.01. The molecule has 1 aromatic carbocycles. The number of aromatic carboxylic acids is 1. The first kappa shape index (κ1) is 14.9. The lowest BCUT2D eigenvalue weighted by atomic mass is 10.2. The van der Waals surface area contributed by atoms with Gasteiger partial charge in [0.2, 0.25) is 0 Å². The summed E-state index contributed by atoms with van der Waals surface area (Å²) in [5, 5.41) is 19.4. The molecule has 0 aliphatic carbocycles. The molecular formula is C13H9BrN2O5. The predicted molar refractivity (Wildman–Crippen MR) is 76.3 cm³/mol. The summed E-state index contributed by atoms with van der Waals surface area (Å²) in [5.74, 6) is -0.704. The Morgan fingerprint density at radius 3 is 2.67 bits per heavy atom. The molecule has 0 atom stereocenters. The first-order chi connectivity index (χ1) is 9.97. The fraction of sp³-hybridized carbons (Fsp3) is 0.0769. The van der Waals surface area contributed by atoms with Gasteiger partial charge in [-0.15, -0.1) is 0 Å². The lowest BCUT2D eigenvalue weighted by molar-refractivity contribution is -0.384. The van der Waals surface area contributed by atoms with E-state index >= 15 is 0 Å². The number of carboxylic acids is 1. The molecule has 0 aliphatic heterocycles. The second-order valence-electron chi connectivity index (χ2n) is 4.01. The topological polar surface area (TPSA) is 103 Å². The number of carboxylic acid groups (broad SMARTS) is 1. The van der Waals surface area contributed by atoms with Gasteiger partial charge in [-0.3, -0.25) is 10.1 Å². The second kappa shape index (κ2) is 6.31. The second-order valence-corrected chi connectivity index (χ2v) is 4.86. The van der Waals surface area contributed by atoms with Gasteiger partial charge in [-0.1, -0.05) is 15.9 Å². The van der Waals surface area contributed by atoms with E-state index in [9.17, 15) is 14.9 Å². The van der Waals surface area contributed by atoms with Gasteiger partial charge in [0.25, 0.3) is 5.69 Å². The molecule has 2 aromatic rings. The summed E-state index contributed by atoms with van der Waals surface area (Å²) in [4.78, 5) is 24.5. The maximum absolute atomic E-state index is 10.7. The predicted octanol–water partition coefficient (Wildman–Crippen LogP) is 3.03. The maximum atomic E-state index is 10.7. The van der Waals surface area contributed by atoms with Crippen LogP contribution in [0.25, 0.3) is 0 Å². The molecule has 0 unspecified atom stereocenters. The number of nitro groups is 1. The van der Waals surface area contributed by atoms with E-state index in [-0.39, 0.29) is 18.0 Å². The monoisotopic (exact) mass is 352 g/mol. The number of pyridine rings is 1. The Morgan fingerprint density at radius 2 is 2.14 bits per heavy atom. The molecule has 1 aromatic heterocycles. The van der Waals surface area contributed by atoms with E-state index in [4.69, 9.17) is 9.84 Å². The van der Waals surface area contributed by atoms with Crippen LogP contribution in [0.2, 0.25) is 0 Å². The van der Waals surface area contributed by atoms with Crippen molar-refractivity contribution in [3.63, 3.8) is 0 Å². The van der Waals surface area contributed by atoms with Crippen molar-refractivity contribution in [1.29, 1.82) is 0 Å². The van der Waals surface area contributed by atoms with Crippen LogP contribution in [0.5, 0.6) is 5.75 Å². The Bertz CT molecular complexity index is 687. The Balaban J connectivity index is 2.06. The fourth-order valence-electron chi connectivity index (χ4n) is 1.52. The van der Waals surface area contributed by atoms with E-state index in [1.807, 2.05) is 0 Å². The van der Waals surface area contributed by atoms with Gasteiger partial charge in [0.05, 0.1) is 11.1 Å². The first-order valence-corrected chi connectivity index (χ1v) is 6.51. The fourth-order valence-corrected chi connectivity index (χ4v) is 2.00. The normalized spacial score (nSPS) is 10.1. The lowest BCUT2D eigenvalue weighted by Gasteiger charge is -2.07. The highest BCUT2D eigenvalue weighted by molar-refractivity contribution is 9.10. The number of carbonyl (C=O) groups is 1. The minimum atomic E-state index is -1.11. The average Bonchev–Trinajstić information content (AvgIpc) is 2.46. The molecule has 1 N–H and O–H groups in total. The number of benzene rings is 1. The van der Waals surface area contributed by atoms with E-state index in [1.165, 1.54) is 30.5 Å². The van der Waals surface area contributed by atoms with E-state index < -0.39 is 10.9 Å². The van der Waals surface area contributed by atoms with Gasteiger partial charge in [0.1, 0.15) is 18.1 Å². The van der Waals surface area contributed by atoms with Gasteiger partial charge in [-0.05, 0) is 18.2 Å². The molecule has 1 heterocycles. The summed E-state index contributed by atoms with van der Waals surface area (Å²) < 4.78 is 6.01. The summed E-state index contributed by atoms with van der Waals surface area (Å²) in [6.45, 7) is 0.173. The number of nitro benzene ring substituents is 1. The quantitative estimate of drug-likeness (QED) is 0.655. The Hall–Kier alpha value is -2.48. The molecule has 0 fully saturated rings. The number of ether oxygens (including phenoxy) is 1. The van der Waals surface area contributed by atoms with Crippen LogP contribution in [-0.2, 0) is 6.61 Å². The van der Waals surface area contributed by atoms with Crippen LogP contribution in [0.15, 0.2) is 41.0 Å².